The van der Waals surface area contributed by atoms with E-state index in [9.17, 15) is 0 Å². The maximum Gasteiger partial charge on any atom is 0.0406 e. The van der Waals surface area contributed by atoms with Crippen molar-refractivity contribution >= 4 is 23.4 Å². The molecule has 0 aromatic heterocycles. The van der Waals surface area contributed by atoms with Gasteiger partial charge < -0.3 is 5.32 Å². The first-order chi connectivity index (χ1) is 6.76. The number of thioether (sulfide) groups is 1. The predicted molar refractivity (Wildman–Crippen MR) is 65.2 cm³/mol. The lowest BCUT2D eigenvalue weighted by atomic mass is 10.3. The summed E-state index contributed by atoms with van der Waals surface area (Å²) in [6.45, 7) is 3.76. The van der Waals surface area contributed by atoms with Crippen LogP contribution in [0.3, 0.4) is 0 Å². The third-order valence-electron chi connectivity index (χ3n) is 1.90. The molecule has 0 saturated carbocycles. The van der Waals surface area contributed by atoms with Crippen molar-refractivity contribution in [2.75, 3.05) is 12.8 Å². The van der Waals surface area contributed by atoms with Crippen molar-refractivity contribution in [3.63, 3.8) is 0 Å². The molecular formula is C11H14ClNS. The summed E-state index contributed by atoms with van der Waals surface area (Å²) in [7, 11) is 1.94. The Labute approximate surface area is 94.5 Å². The van der Waals surface area contributed by atoms with E-state index in [0.717, 1.165) is 10.8 Å². The number of hydrogen-bond acceptors (Lipinski definition) is 2. The zero-order valence-corrected chi connectivity index (χ0v) is 9.74. The fourth-order valence-corrected chi connectivity index (χ4v) is 2.12. The van der Waals surface area contributed by atoms with Crippen LogP contribution in [-0.4, -0.2) is 18.8 Å². The average molecular weight is 228 g/mol. The second kappa shape index (κ2) is 6.12. The van der Waals surface area contributed by atoms with E-state index in [-0.39, 0.29) is 0 Å². The second-order valence-corrected chi connectivity index (χ2v) is 4.43. The molecule has 0 amide bonds. The van der Waals surface area contributed by atoms with Gasteiger partial charge in [-0.1, -0.05) is 17.7 Å². The SMILES string of the molecule is C=CC(CSc1ccc(Cl)cc1)NC. The molecule has 0 saturated heterocycles. The number of halogens is 1. The van der Waals surface area contributed by atoms with Gasteiger partial charge in [-0.15, -0.1) is 18.3 Å². The molecular weight excluding hydrogens is 214 g/mol. The van der Waals surface area contributed by atoms with Gasteiger partial charge in [0.1, 0.15) is 0 Å². The van der Waals surface area contributed by atoms with E-state index in [1.807, 2.05) is 37.4 Å². The third-order valence-corrected chi connectivity index (χ3v) is 3.28. The molecule has 1 rings (SSSR count). The molecule has 3 heteroatoms. The summed E-state index contributed by atoms with van der Waals surface area (Å²) in [6.07, 6.45) is 1.92. The molecule has 0 aliphatic heterocycles. The summed E-state index contributed by atoms with van der Waals surface area (Å²) in [6, 6.07) is 8.24. The summed E-state index contributed by atoms with van der Waals surface area (Å²) in [4.78, 5) is 1.23. The molecule has 0 aliphatic carbocycles. The highest BCUT2D eigenvalue weighted by Gasteiger charge is 2.01. The summed E-state index contributed by atoms with van der Waals surface area (Å²) in [5, 5.41) is 3.95. The highest BCUT2D eigenvalue weighted by molar-refractivity contribution is 7.99. The van der Waals surface area contributed by atoms with E-state index in [4.69, 9.17) is 11.6 Å². The van der Waals surface area contributed by atoms with Gasteiger partial charge in [-0.05, 0) is 31.3 Å². The maximum atomic E-state index is 5.79. The smallest absolute Gasteiger partial charge is 0.0406 e. The van der Waals surface area contributed by atoms with Crippen molar-refractivity contribution in [2.45, 2.75) is 10.9 Å². The minimum absolute atomic E-state index is 0.357. The van der Waals surface area contributed by atoms with Gasteiger partial charge in [0.05, 0.1) is 0 Å². The zero-order chi connectivity index (χ0) is 10.4. The molecule has 0 bridgehead atoms. The first-order valence-corrected chi connectivity index (χ1v) is 5.81. The highest BCUT2D eigenvalue weighted by atomic mass is 35.5. The molecule has 0 fully saturated rings. The van der Waals surface area contributed by atoms with Crippen molar-refractivity contribution in [1.82, 2.24) is 5.32 Å². The summed E-state index contributed by atoms with van der Waals surface area (Å²) < 4.78 is 0. The van der Waals surface area contributed by atoms with Crippen LogP contribution in [0, 0.1) is 0 Å². The topological polar surface area (TPSA) is 12.0 Å². The Bertz CT molecular complexity index is 284. The van der Waals surface area contributed by atoms with Gasteiger partial charge in [0.25, 0.3) is 0 Å². The lowest BCUT2D eigenvalue weighted by molar-refractivity contribution is 0.740. The van der Waals surface area contributed by atoms with Gasteiger partial charge >= 0.3 is 0 Å². The lowest BCUT2D eigenvalue weighted by Crippen LogP contribution is -2.24. The van der Waals surface area contributed by atoms with Crippen molar-refractivity contribution < 1.29 is 0 Å². The second-order valence-electron chi connectivity index (χ2n) is 2.90. The van der Waals surface area contributed by atoms with Gasteiger partial charge in [0.15, 0.2) is 0 Å². The largest absolute Gasteiger partial charge is 0.313 e. The lowest BCUT2D eigenvalue weighted by Gasteiger charge is -2.10. The Morgan fingerprint density at radius 1 is 1.50 bits per heavy atom. The van der Waals surface area contributed by atoms with E-state index in [0.29, 0.717) is 6.04 Å². The molecule has 0 radical (unpaired) electrons. The van der Waals surface area contributed by atoms with Gasteiger partial charge in [-0.25, -0.2) is 0 Å². The Morgan fingerprint density at radius 2 is 2.14 bits per heavy atom. The molecule has 1 N–H and O–H groups in total. The number of hydrogen-bond donors (Lipinski definition) is 1. The molecule has 1 atom stereocenters. The zero-order valence-electron chi connectivity index (χ0n) is 8.16. The van der Waals surface area contributed by atoms with Gasteiger partial charge in [-0.2, -0.15) is 0 Å². The number of likely N-dealkylation sites (N-methyl/N-ethyl adjacent to an activating group) is 1. The van der Waals surface area contributed by atoms with Crippen LogP contribution in [0.2, 0.25) is 5.02 Å². The Balaban J connectivity index is 2.45. The van der Waals surface area contributed by atoms with E-state index < -0.39 is 0 Å². The summed E-state index contributed by atoms with van der Waals surface area (Å²) >= 11 is 7.59. The van der Waals surface area contributed by atoms with Gasteiger partial charge in [0.2, 0.25) is 0 Å². The molecule has 1 aromatic carbocycles. The third kappa shape index (κ3) is 3.74. The summed E-state index contributed by atoms with van der Waals surface area (Å²) in [5.41, 5.74) is 0. The summed E-state index contributed by atoms with van der Waals surface area (Å²) in [5.74, 6) is 0.988. The van der Waals surface area contributed by atoms with E-state index >= 15 is 0 Å². The molecule has 76 valence electrons. The van der Waals surface area contributed by atoms with Gasteiger partial charge in [-0.3, -0.25) is 0 Å². The number of rotatable bonds is 5. The monoisotopic (exact) mass is 227 g/mol. The van der Waals surface area contributed by atoms with Crippen molar-refractivity contribution in [2.24, 2.45) is 0 Å². The molecule has 1 nitrogen and oxygen atoms in total. The molecule has 0 aliphatic rings. The van der Waals surface area contributed by atoms with Crippen LogP contribution >= 0.6 is 23.4 Å². The standard InChI is InChI=1S/C11H14ClNS/c1-3-10(13-2)8-14-11-6-4-9(12)5-7-11/h3-7,10,13H,1,8H2,2H3. The highest BCUT2D eigenvalue weighted by Crippen LogP contribution is 2.20. The van der Waals surface area contributed by atoms with Crippen molar-refractivity contribution in [3.05, 3.63) is 41.9 Å². The number of benzene rings is 1. The minimum atomic E-state index is 0.357. The normalized spacial score (nSPS) is 12.4. The fraction of sp³-hybridized carbons (Fsp3) is 0.273. The van der Waals surface area contributed by atoms with Crippen molar-refractivity contribution in [1.29, 1.82) is 0 Å². The van der Waals surface area contributed by atoms with Crippen LogP contribution in [0.5, 0.6) is 0 Å². The molecule has 0 heterocycles. The Kier molecular flexibility index (Phi) is 5.09. The van der Waals surface area contributed by atoms with Gasteiger partial charge in [0, 0.05) is 21.7 Å². The van der Waals surface area contributed by atoms with E-state index in [2.05, 4.69) is 11.9 Å². The minimum Gasteiger partial charge on any atom is -0.313 e. The average Bonchev–Trinajstić information content (AvgIpc) is 2.22. The van der Waals surface area contributed by atoms with Crippen LogP contribution in [0.1, 0.15) is 0 Å². The molecule has 0 spiro atoms. The first kappa shape index (κ1) is 11.6. The van der Waals surface area contributed by atoms with Crippen LogP contribution < -0.4 is 5.32 Å². The molecule has 14 heavy (non-hydrogen) atoms. The van der Waals surface area contributed by atoms with Crippen LogP contribution in [0.4, 0.5) is 0 Å². The predicted octanol–water partition coefficient (Wildman–Crippen LogP) is 3.21. The first-order valence-electron chi connectivity index (χ1n) is 4.44. The maximum absolute atomic E-state index is 5.79. The quantitative estimate of drug-likeness (QED) is 0.613. The fourth-order valence-electron chi connectivity index (χ4n) is 0.986. The van der Waals surface area contributed by atoms with Crippen molar-refractivity contribution in [3.8, 4) is 0 Å². The van der Waals surface area contributed by atoms with Crippen LogP contribution in [-0.2, 0) is 0 Å². The van der Waals surface area contributed by atoms with E-state index in [1.54, 1.807) is 11.8 Å². The molecule has 1 unspecified atom stereocenters. The Hall–Kier alpha value is -0.440. The van der Waals surface area contributed by atoms with Crippen LogP contribution in [0.15, 0.2) is 41.8 Å². The Morgan fingerprint density at radius 3 is 2.64 bits per heavy atom. The van der Waals surface area contributed by atoms with Crippen LogP contribution in [0.25, 0.3) is 0 Å². The van der Waals surface area contributed by atoms with E-state index in [1.165, 1.54) is 4.90 Å². The molecule has 1 aromatic rings. The number of nitrogens with one attached hydrogen (secondary N) is 1.